The predicted molar refractivity (Wildman–Crippen MR) is 43.1 cm³/mol. The molecule has 0 aromatic carbocycles. The van der Waals surface area contributed by atoms with E-state index in [1.165, 1.54) is 0 Å². The van der Waals surface area contributed by atoms with Gasteiger partial charge in [-0.1, -0.05) is 0 Å². The van der Waals surface area contributed by atoms with Crippen molar-refractivity contribution in [2.45, 2.75) is 5.03 Å². The Morgan fingerprint density at radius 1 is 1.62 bits per heavy atom. The number of H-pyrrole nitrogens is 1. The van der Waals surface area contributed by atoms with Gasteiger partial charge in [0, 0.05) is 6.26 Å². The quantitative estimate of drug-likeness (QED) is 0.574. The van der Waals surface area contributed by atoms with Crippen LogP contribution in [0.4, 0.5) is 5.82 Å². The molecule has 4 N–H and O–H groups in total. The number of sulfone groups is 1. The highest BCUT2D eigenvalue weighted by atomic mass is 32.2. The van der Waals surface area contributed by atoms with Gasteiger partial charge < -0.3 is 10.8 Å². The van der Waals surface area contributed by atoms with Gasteiger partial charge in [0.25, 0.3) is 0 Å². The van der Waals surface area contributed by atoms with E-state index in [-0.39, 0.29) is 5.82 Å². The third kappa shape index (κ3) is 1.61. The smallest absolute Gasteiger partial charge is 0.342 e. The van der Waals surface area contributed by atoms with Crippen LogP contribution < -0.4 is 5.73 Å². The lowest BCUT2D eigenvalue weighted by Gasteiger charge is -1.94. The Labute approximate surface area is 73.5 Å². The summed E-state index contributed by atoms with van der Waals surface area (Å²) in [6.07, 6.45) is 0.867. The summed E-state index contributed by atoms with van der Waals surface area (Å²) in [6.45, 7) is 0. The second-order valence-electron chi connectivity index (χ2n) is 2.39. The Balaban J connectivity index is 3.49. The molecular weight excluding hydrogens is 198 g/mol. The van der Waals surface area contributed by atoms with Crippen LogP contribution in [0.15, 0.2) is 5.03 Å². The van der Waals surface area contributed by atoms with Crippen LogP contribution in [0, 0.1) is 0 Å². The number of anilines is 1. The van der Waals surface area contributed by atoms with E-state index in [1.807, 2.05) is 0 Å². The van der Waals surface area contributed by atoms with Crippen LogP contribution in [0.2, 0.25) is 0 Å². The minimum absolute atomic E-state index is 0.340. The highest BCUT2D eigenvalue weighted by Crippen LogP contribution is 2.17. The molecule has 1 aromatic heterocycles. The van der Waals surface area contributed by atoms with Gasteiger partial charge in [0.05, 0.1) is 0 Å². The van der Waals surface area contributed by atoms with E-state index in [2.05, 4.69) is 10.2 Å². The maximum atomic E-state index is 11.0. The zero-order chi connectivity index (χ0) is 10.2. The standard InChI is InChI=1S/C5H7N3O4S/c1-13(11,12)4-2(5(9)10)3(6)7-8-4/h1H3,(H,9,10)(H3,6,7,8). The largest absolute Gasteiger partial charge is 0.477 e. The minimum atomic E-state index is -3.64. The number of hydrogen-bond acceptors (Lipinski definition) is 5. The summed E-state index contributed by atoms with van der Waals surface area (Å²) in [4.78, 5) is 10.5. The Morgan fingerprint density at radius 2 is 2.15 bits per heavy atom. The molecule has 0 unspecified atom stereocenters. The average molecular weight is 205 g/mol. The molecule has 0 aliphatic rings. The van der Waals surface area contributed by atoms with Gasteiger partial charge in [0.1, 0.15) is 5.56 Å². The maximum absolute atomic E-state index is 11.0. The first-order valence-electron chi connectivity index (χ1n) is 3.11. The van der Waals surface area contributed by atoms with Gasteiger partial charge in [0.2, 0.25) is 0 Å². The van der Waals surface area contributed by atoms with Gasteiger partial charge in [0.15, 0.2) is 20.7 Å². The number of nitrogens with one attached hydrogen (secondary N) is 1. The van der Waals surface area contributed by atoms with Crippen LogP contribution in [0.1, 0.15) is 10.4 Å². The first-order valence-corrected chi connectivity index (χ1v) is 5.00. The summed E-state index contributed by atoms with van der Waals surface area (Å²) >= 11 is 0. The summed E-state index contributed by atoms with van der Waals surface area (Å²) in [5.74, 6) is -1.76. The van der Waals surface area contributed by atoms with Crippen molar-refractivity contribution >= 4 is 21.6 Å². The number of nitrogens with two attached hydrogens (primary N) is 1. The Bertz CT molecular complexity index is 446. The van der Waals surface area contributed by atoms with E-state index in [0.717, 1.165) is 6.26 Å². The lowest BCUT2D eigenvalue weighted by atomic mass is 10.3. The SMILES string of the molecule is CS(=O)(=O)c1[nH]nc(N)c1C(=O)O. The van der Waals surface area contributed by atoms with Crippen molar-refractivity contribution in [2.24, 2.45) is 0 Å². The van der Waals surface area contributed by atoms with Gasteiger partial charge in [-0.2, -0.15) is 5.10 Å². The fourth-order valence-electron chi connectivity index (χ4n) is 0.814. The van der Waals surface area contributed by atoms with E-state index in [1.54, 1.807) is 0 Å². The molecule has 0 amide bonds. The minimum Gasteiger partial charge on any atom is -0.477 e. The molecular formula is C5H7N3O4S. The molecule has 0 spiro atoms. The summed E-state index contributed by atoms with van der Waals surface area (Å²) in [6, 6.07) is 0. The zero-order valence-corrected chi connectivity index (χ0v) is 7.42. The lowest BCUT2D eigenvalue weighted by molar-refractivity contribution is 0.0694. The molecule has 7 nitrogen and oxygen atoms in total. The first kappa shape index (κ1) is 9.52. The molecule has 0 aliphatic carbocycles. The molecule has 1 rings (SSSR count). The third-order valence-electron chi connectivity index (χ3n) is 1.35. The van der Waals surface area contributed by atoms with Crippen molar-refractivity contribution in [3.63, 3.8) is 0 Å². The van der Waals surface area contributed by atoms with Crippen molar-refractivity contribution in [3.8, 4) is 0 Å². The molecule has 0 bridgehead atoms. The molecule has 13 heavy (non-hydrogen) atoms. The molecule has 8 heteroatoms. The number of nitrogen functional groups attached to an aromatic ring is 1. The number of carboxylic acids is 1. The van der Waals surface area contributed by atoms with Crippen LogP contribution >= 0.6 is 0 Å². The van der Waals surface area contributed by atoms with E-state index < -0.39 is 26.4 Å². The van der Waals surface area contributed by atoms with Crippen molar-refractivity contribution in [1.82, 2.24) is 10.2 Å². The van der Waals surface area contributed by atoms with Crippen molar-refractivity contribution < 1.29 is 18.3 Å². The second-order valence-corrected chi connectivity index (χ2v) is 4.34. The predicted octanol–water partition coefficient (Wildman–Crippen LogP) is -0.906. The molecule has 1 heterocycles. The van der Waals surface area contributed by atoms with E-state index in [9.17, 15) is 13.2 Å². The van der Waals surface area contributed by atoms with E-state index in [4.69, 9.17) is 10.8 Å². The van der Waals surface area contributed by atoms with Gasteiger partial charge in [-0.15, -0.1) is 0 Å². The molecule has 0 atom stereocenters. The van der Waals surface area contributed by atoms with Crippen LogP contribution in [0.5, 0.6) is 0 Å². The van der Waals surface area contributed by atoms with E-state index in [0.29, 0.717) is 0 Å². The lowest BCUT2D eigenvalue weighted by Crippen LogP contribution is -2.07. The first-order chi connectivity index (χ1) is 5.84. The molecule has 0 saturated heterocycles. The monoisotopic (exact) mass is 205 g/mol. The number of rotatable bonds is 2. The zero-order valence-electron chi connectivity index (χ0n) is 6.60. The molecule has 0 aliphatic heterocycles. The molecule has 72 valence electrons. The van der Waals surface area contributed by atoms with Gasteiger partial charge in [-0.05, 0) is 0 Å². The van der Waals surface area contributed by atoms with Crippen molar-refractivity contribution in [1.29, 1.82) is 0 Å². The summed E-state index contributed by atoms with van der Waals surface area (Å²) in [5.41, 5.74) is 4.64. The molecule has 0 fully saturated rings. The highest BCUT2D eigenvalue weighted by molar-refractivity contribution is 7.90. The van der Waals surface area contributed by atoms with Crippen LogP contribution in [0.25, 0.3) is 0 Å². The molecule has 0 radical (unpaired) electrons. The fourth-order valence-corrected chi connectivity index (χ4v) is 1.59. The third-order valence-corrected chi connectivity index (χ3v) is 2.38. The highest BCUT2D eigenvalue weighted by Gasteiger charge is 2.24. The normalized spacial score (nSPS) is 11.5. The Kier molecular flexibility index (Phi) is 2.00. The summed E-state index contributed by atoms with van der Waals surface area (Å²) in [5, 5.41) is 13.5. The van der Waals surface area contributed by atoms with E-state index >= 15 is 0 Å². The van der Waals surface area contributed by atoms with Gasteiger partial charge in [-0.25, -0.2) is 13.2 Å². The van der Waals surface area contributed by atoms with Crippen LogP contribution in [-0.4, -0.2) is 35.9 Å². The van der Waals surface area contributed by atoms with Gasteiger partial charge >= 0.3 is 5.97 Å². The van der Waals surface area contributed by atoms with Gasteiger partial charge in [-0.3, -0.25) is 5.10 Å². The number of carbonyl (C=O) groups is 1. The number of nitrogens with zero attached hydrogens (tertiary/aromatic N) is 1. The van der Waals surface area contributed by atoms with Crippen molar-refractivity contribution in [2.75, 3.05) is 12.0 Å². The second kappa shape index (κ2) is 2.73. The summed E-state index contributed by atoms with van der Waals surface area (Å²) < 4.78 is 22.0. The average Bonchev–Trinajstić information content (AvgIpc) is 2.28. The number of aromatic amines is 1. The number of aromatic nitrogens is 2. The molecule has 0 saturated carbocycles. The number of hydrogen-bond donors (Lipinski definition) is 3. The Morgan fingerprint density at radius 3 is 2.46 bits per heavy atom. The molecule has 1 aromatic rings. The Hall–Kier alpha value is -1.57. The number of carboxylic acid groups (broad SMARTS) is 1. The maximum Gasteiger partial charge on any atom is 0.342 e. The topological polar surface area (TPSA) is 126 Å². The van der Waals surface area contributed by atoms with Crippen LogP contribution in [-0.2, 0) is 9.84 Å². The van der Waals surface area contributed by atoms with Crippen molar-refractivity contribution in [3.05, 3.63) is 5.56 Å². The fraction of sp³-hybridized carbons (Fsp3) is 0.200. The number of aromatic carboxylic acids is 1. The van der Waals surface area contributed by atoms with Crippen LogP contribution in [0.3, 0.4) is 0 Å². The summed E-state index contributed by atoms with van der Waals surface area (Å²) in [7, 11) is -3.64.